The summed E-state index contributed by atoms with van der Waals surface area (Å²) in [5.41, 5.74) is 0.559. The zero-order chi connectivity index (χ0) is 18.2. The van der Waals surface area contributed by atoms with Crippen LogP contribution in [0.25, 0.3) is 0 Å². The first kappa shape index (κ1) is 17.9. The number of carbonyl (C=O) groups is 2. The van der Waals surface area contributed by atoms with E-state index in [2.05, 4.69) is 10.3 Å². The molecule has 3 rings (SSSR count). The lowest BCUT2D eigenvalue weighted by Gasteiger charge is -2.32. The second kappa shape index (κ2) is 8.99. The van der Waals surface area contributed by atoms with Gasteiger partial charge in [0.1, 0.15) is 5.75 Å². The van der Waals surface area contributed by atoms with E-state index in [1.54, 1.807) is 24.5 Å². The molecule has 1 aromatic heterocycles. The minimum atomic E-state index is -0.112. The fourth-order valence-electron chi connectivity index (χ4n) is 2.97. The average Bonchev–Trinajstić information content (AvgIpc) is 2.70. The SMILES string of the molecule is O=C(NC1CCN(C(=O)CCOc2ccccc2)CC1)c1cccnc1. The molecule has 0 aliphatic carbocycles. The molecule has 1 fully saturated rings. The number of carbonyl (C=O) groups excluding carboxylic acids is 2. The quantitative estimate of drug-likeness (QED) is 0.865. The molecule has 6 heteroatoms. The Kier molecular flexibility index (Phi) is 6.19. The predicted octanol–water partition coefficient (Wildman–Crippen LogP) is 2.27. The Morgan fingerprint density at radius 2 is 1.88 bits per heavy atom. The largest absolute Gasteiger partial charge is 0.493 e. The van der Waals surface area contributed by atoms with Gasteiger partial charge >= 0.3 is 0 Å². The monoisotopic (exact) mass is 353 g/mol. The number of hydrogen-bond acceptors (Lipinski definition) is 4. The Bertz CT molecular complexity index is 714. The number of piperidine rings is 1. The van der Waals surface area contributed by atoms with Gasteiger partial charge in [-0.05, 0) is 37.1 Å². The molecule has 2 heterocycles. The highest BCUT2D eigenvalue weighted by atomic mass is 16.5. The molecule has 2 aromatic rings. The summed E-state index contributed by atoms with van der Waals surface area (Å²) < 4.78 is 5.58. The summed E-state index contributed by atoms with van der Waals surface area (Å²) in [6, 6.07) is 13.1. The topological polar surface area (TPSA) is 71.5 Å². The normalized spacial score (nSPS) is 14.7. The van der Waals surface area contributed by atoms with Gasteiger partial charge in [0.25, 0.3) is 5.91 Å². The predicted molar refractivity (Wildman–Crippen MR) is 97.9 cm³/mol. The molecule has 0 bridgehead atoms. The first-order chi connectivity index (χ1) is 12.7. The van der Waals surface area contributed by atoms with Gasteiger partial charge in [0.15, 0.2) is 0 Å². The van der Waals surface area contributed by atoms with E-state index in [1.165, 1.54) is 0 Å². The number of nitrogens with one attached hydrogen (secondary N) is 1. The molecule has 1 aliphatic heterocycles. The summed E-state index contributed by atoms with van der Waals surface area (Å²) in [5, 5.41) is 3.02. The van der Waals surface area contributed by atoms with Crippen LogP contribution in [0, 0.1) is 0 Å². The molecule has 26 heavy (non-hydrogen) atoms. The number of aromatic nitrogens is 1. The van der Waals surface area contributed by atoms with Crippen molar-refractivity contribution >= 4 is 11.8 Å². The summed E-state index contributed by atoms with van der Waals surface area (Å²) >= 11 is 0. The van der Waals surface area contributed by atoms with E-state index in [0.29, 0.717) is 31.7 Å². The molecule has 0 saturated carbocycles. The molecule has 0 unspecified atom stereocenters. The Morgan fingerprint density at radius 1 is 1.12 bits per heavy atom. The van der Waals surface area contributed by atoms with E-state index in [9.17, 15) is 9.59 Å². The van der Waals surface area contributed by atoms with Crippen molar-refractivity contribution in [3.05, 3.63) is 60.4 Å². The van der Waals surface area contributed by atoms with Crippen LogP contribution in [0.5, 0.6) is 5.75 Å². The number of para-hydroxylation sites is 1. The third kappa shape index (κ3) is 5.05. The van der Waals surface area contributed by atoms with Gasteiger partial charge in [0.05, 0.1) is 18.6 Å². The van der Waals surface area contributed by atoms with Crippen molar-refractivity contribution in [2.24, 2.45) is 0 Å². The molecule has 136 valence electrons. The van der Waals surface area contributed by atoms with E-state index in [1.807, 2.05) is 35.2 Å². The van der Waals surface area contributed by atoms with E-state index in [-0.39, 0.29) is 17.9 Å². The highest BCUT2D eigenvalue weighted by Crippen LogP contribution is 2.13. The Labute approximate surface area is 153 Å². The van der Waals surface area contributed by atoms with Crippen molar-refractivity contribution in [2.75, 3.05) is 19.7 Å². The highest BCUT2D eigenvalue weighted by molar-refractivity contribution is 5.94. The summed E-state index contributed by atoms with van der Waals surface area (Å²) in [4.78, 5) is 30.3. The third-order valence-electron chi connectivity index (χ3n) is 4.43. The second-order valence-corrected chi connectivity index (χ2v) is 6.28. The lowest BCUT2D eigenvalue weighted by atomic mass is 10.0. The summed E-state index contributed by atoms with van der Waals surface area (Å²) in [6.07, 6.45) is 5.08. The minimum absolute atomic E-state index is 0.0901. The zero-order valence-electron chi connectivity index (χ0n) is 14.6. The van der Waals surface area contributed by atoms with Crippen LogP contribution in [0.4, 0.5) is 0 Å². The minimum Gasteiger partial charge on any atom is -0.493 e. The number of benzene rings is 1. The summed E-state index contributed by atoms with van der Waals surface area (Å²) in [7, 11) is 0. The Hall–Kier alpha value is -2.89. The molecular formula is C20H23N3O3. The zero-order valence-corrected chi connectivity index (χ0v) is 14.6. The molecular weight excluding hydrogens is 330 g/mol. The molecule has 0 spiro atoms. The van der Waals surface area contributed by atoms with Gasteiger partial charge in [-0.15, -0.1) is 0 Å². The molecule has 0 radical (unpaired) electrons. The second-order valence-electron chi connectivity index (χ2n) is 6.28. The van der Waals surface area contributed by atoms with Crippen LogP contribution in [0.15, 0.2) is 54.9 Å². The fraction of sp³-hybridized carbons (Fsp3) is 0.350. The molecule has 1 aliphatic rings. The van der Waals surface area contributed by atoms with Crippen LogP contribution >= 0.6 is 0 Å². The first-order valence-electron chi connectivity index (χ1n) is 8.89. The molecule has 0 atom stereocenters. The summed E-state index contributed by atoms with van der Waals surface area (Å²) in [6.45, 7) is 1.69. The lowest BCUT2D eigenvalue weighted by molar-refractivity contribution is -0.132. The number of ether oxygens (including phenoxy) is 1. The Balaban J connectivity index is 1.37. The van der Waals surface area contributed by atoms with Crippen LogP contribution in [0.2, 0.25) is 0 Å². The maximum atomic E-state index is 12.3. The van der Waals surface area contributed by atoms with Crippen LogP contribution in [0.3, 0.4) is 0 Å². The van der Waals surface area contributed by atoms with Gasteiger partial charge in [0.2, 0.25) is 5.91 Å². The van der Waals surface area contributed by atoms with Gasteiger partial charge in [-0.2, -0.15) is 0 Å². The van der Waals surface area contributed by atoms with Crippen molar-refractivity contribution in [3.63, 3.8) is 0 Å². The van der Waals surface area contributed by atoms with E-state index >= 15 is 0 Å². The third-order valence-corrected chi connectivity index (χ3v) is 4.43. The number of hydrogen-bond donors (Lipinski definition) is 1. The van der Waals surface area contributed by atoms with E-state index in [0.717, 1.165) is 18.6 Å². The van der Waals surface area contributed by atoms with Crippen molar-refractivity contribution < 1.29 is 14.3 Å². The van der Waals surface area contributed by atoms with Crippen LogP contribution in [-0.2, 0) is 4.79 Å². The fourth-order valence-corrected chi connectivity index (χ4v) is 2.97. The lowest BCUT2D eigenvalue weighted by Crippen LogP contribution is -2.46. The van der Waals surface area contributed by atoms with Crippen molar-refractivity contribution in [3.8, 4) is 5.75 Å². The van der Waals surface area contributed by atoms with Gasteiger partial charge in [-0.3, -0.25) is 14.6 Å². The molecule has 6 nitrogen and oxygen atoms in total. The van der Waals surface area contributed by atoms with Crippen LogP contribution in [0.1, 0.15) is 29.6 Å². The molecule has 2 amide bonds. The van der Waals surface area contributed by atoms with Crippen molar-refractivity contribution in [1.29, 1.82) is 0 Å². The smallest absolute Gasteiger partial charge is 0.253 e. The number of nitrogens with zero attached hydrogens (tertiary/aromatic N) is 2. The number of pyridine rings is 1. The van der Waals surface area contributed by atoms with Crippen molar-refractivity contribution in [1.82, 2.24) is 15.2 Å². The number of amides is 2. The molecule has 1 saturated heterocycles. The van der Waals surface area contributed by atoms with E-state index < -0.39 is 0 Å². The van der Waals surface area contributed by atoms with Crippen LogP contribution in [-0.4, -0.2) is 47.4 Å². The maximum absolute atomic E-state index is 12.3. The number of rotatable bonds is 6. The first-order valence-corrected chi connectivity index (χ1v) is 8.89. The standard InChI is InChI=1S/C20H23N3O3/c24-19(10-14-26-18-6-2-1-3-7-18)23-12-8-17(9-13-23)22-20(25)16-5-4-11-21-15-16/h1-7,11,15,17H,8-10,12-14H2,(H,22,25). The molecule has 1 aromatic carbocycles. The van der Waals surface area contributed by atoms with Crippen molar-refractivity contribution in [2.45, 2.75) is 25.3 Å². The summed E-state index contributed by atoms with van der Waals surface area (Å²) in [5.74, 6) is 0.759. The van der Waals surface area contributed by atoms with Gasteiger partial charge in [-0.25, -0.2) is 0 Å². The average molecular weight is 353 g/mol. The van der Waals surface area contributed by atoms with Gasteiger partial charge in [0, 0.05) is 31.5 Å². The highest BCUT2D eigenvalue weighted by Gasteiger charge is 2.24. The van der Waals surface area contributed by atoms with E-state index in [4.69, 9.17) is 4.74 Å². The Morgan fingerprint density at radius 3 is 2.58 bits per heavy atom. The van der Waals surface area contributed by atoms with Gasteiger partial charge < -0.3 is 15.0 Å². The number of likely N-dealkylation sites (tertiary alicyclic amines) is 1. The van der Waals surface area contributed by atoms with Crippen LogP contribution < -0.4 is 10.1 Å². The van der Waals surface area contributed by atoms with Gasteiger partial charge in [-0.1, -0.05) is 18.2 Å². The molecule has 1 N–H and O–H groups in total. The maximum Gasteiger partial charge on any atom is 0.253 e.